The summed E-state index contributed by atoms with van der Waals surface area (Å²) in [6.07, 6.45) is 0.288. The Kier molecular flexibility index (Phi) is 4.46. The number of rotatable bonds is 5. The first-order valence-electron chi connectivity index (χ1n) is 6.16. The van der Waals surface area contributed by atoms with E-state index in [0.717, 1.165) is 6.07 Å². The Bertz CT molecular complexity index is 710. The van der Waals surface area contributed by atoms with Crippen LogP contribution < -0.4 is 4.74 Å². The molecule has 106 valence electrons. The number of nitrogens with zero attached hydrogens (tertiary/aromatic N) is 2. The minimum absolute atomic E-state index is 0.0152. The number of halogens is 1. The highest BCUT2D eigenvalue weighted by molar-refractivity contribution is 5.40. The van der Waals surface area contributed by atoms with Gasteiger partial charge in [-0.05, 0) is 18.2 Å². The van der Waals surface area contributed by atoms with Crippen molar-refractivity contribution >= 4 is 5.69 Å². The summed E-state index contributed by atoms with van der Waals surface area (Å²) >= 11 is 0. The number of hydrogen-bond acceptors (Lipinski definition) is 4. The average molecular weight is 286 g/mol. The van der Waals surface area contributed by atoms with Gasteiger partial charge in [-0.1, -0.05) is 18.2 Å². The lowest BCUT2D eigenvalue weighted by atomic mass is 10.1. The number of benzene rings is 2. The maximum Gasteiger partial charge on any atom is 0.272 e. The van der Waals surface area contributed by atoms with Crippen LogP contribution >= 0.6 is 0 Å². The van der Waals surface area contributed by atoms with E-state index in [1.165, 1.54) is 18.2 Å². The molecule has 0 fully saturated rings. The van der Waals surface area contributed by atoms with E-state index < -0.39 is 10.7 Å². The zero-order valence-corrected chi connectivity index (χ0v) is 11.0. The van der Waals surface area contributed by atoms with Crippen molar-refractivity contribution in [1.29, 1.82) is 5.26 Å². The summed E-state index contributed by atoms with van der Waals surface area (Å²) in [6.45, 7) is 0.105. The fraction of sp³-hybridized carbons (Fsp3) is 0.133. The molecular formula is C15H11FN2O3. The third-order valence-corrected chi connectivity index (χ3v) is 2.88. The normalized spacial score (nSPS) is 9.90. The second-order valence-electron chi connectivity index (χ2n) is 4.24. The maximum atomic E-state index is 13.6. The Balaban J connectivity index is 2.02. The second-order valence-corrected chi connectivity index (χ2v) is 4.24. The molecule has 0 N–H and O–H groups in total. The molecule has 0 saturated heterocycles. The predicted octanol–water partition coefficient (Wildman–Crippen LogP) is 3.23. The summed E-state index contributed by atoms with van der Waals surface area (Å²) in [4.78, 5) is 10.4. The van der Waals surface area contributed by atoms with Crippen LogP contribution in [0.4, 0.5) is 10.1 Å². The van der Waals surface area contributed by atoms with Crippen LogP contribution in [0.1, 0.15) is 11.1 Å². The molecule has 21 heavy (non-hydrogen) atoms. The Morgan fingerprint density at radius 2 is 2.05 bits per heavy atom. The van der Waals surface area contributed by atoms with Crippen LogP contribution in [0.2, 0.25) is 0 Å². The molecule has 0 radical (unpaired) electrons. The third kappa shape index (κ3) is 3.54. The van der Waals surface area contributed by atoms with E-state index in [4.69, 9.17) is 10.00 Å². The summed E-state index contributed by atoms with van der Waals surface area (Å²) in [5.41, 5.74) is 0.747. The summed E-state index contributed by atoms with van der Waals surface area (Å²) in [5, 5.41) is 19.5. The zero-order valence-electron chi connectivity index (χ0n) is 11.0. The molecule has 2 aromatic rings. The molecule has 0 aliphatic rings. The largest absolute Gasteiger partial charge is 0.490 e. The SMILES string of the molecule is N#Cc1ccc(OCCc2ccccc2[N+](=O)[O-])c(F)c1. The van der Waals surface area contributed by atoms with E-state index in [0.29, 0.717) is 5.56 Å². The Labute approximate surface area is 120 Å². The lowest BCUT2D eigenvalue weighted by molar-refractivity contribution is -0.385. The smallest absolute Gasteiger partial charge is 0.272 e. The van der Waals surface area contributed by atoms with Gasteiger partial charge in [0.25, 0.3) is 5.69 Å². The molecule has 5 nitrogen and oxygen atoms in total. The van der Waals surface area contributed by atoms with Gasteiger partial charge < -0.3 is 4.74 Å². The average Bonchev–Trinajstić information content (AvgIpc) is 2.49. The van der Waals surface area contributed by atoms with Crippen molar-refractivity contribution in [3.8, 4) is 11.8 Å². The number of ether oxygens (including phenoxy) is 1. The summed E-state index contributed by atoms with van der Waals surface area (Å²) in [5.74, 6) is -0.607. The molecule has 0 amide bonds. The van der Waals surface area contributed by atoms with Gasteiger partial charge in [0.1, 0.15) is 0 Å². The minimum atomic E-state index is -0.628. The predicted molar refractivity (Wildman–Crippen MR) is 73.4 cm³/mol. The second kappa shape index (κ2) is 6.48. The number of nitro benzene ring substituents is 1. The minimum Gasteiger partial charge on any atom is -0.490 e. The highest BCUT2D eigenvalue weighted by Gasteiger charge is 2.12. The molecule has 2 rings (SSSR count). The van der Waals surface area contributed by atoms with Gasteiger partial charge in [0.2, 0.25) is 0 Å². The Morgan fingerprint density at radius 3 is 2.71 bits per heavy atom. The number of nitriles is 1. The van der Waals surface area contributed by atoms with E-state index in [1.54, 1.807) is 18.2 Å². The van der Waals surface area contributed by atoms with E-state index in [1.807, 2.05) is 6.07 Å². The van der Waals surface area contributed by atoms with Crippen molar-refractivity contribution in [2.45, 2.75) is 6.42 Å². The van der Waals surface area contributed by atoms with Crippen molar-refractivity contribution in [2.24, 2.45) is 0 Å². The molecule has 0 heterocycles. The quantitative estimate of drug-likeness (QED) is 0.624. The monoisotopic (exact) mass is 286 g/mol. The first-order chi connectivity index (χ1) is 10.1. The number of para-hydroxylation sites is 1. The lowest BCUT2D eigenvalue weighted by Gasteiger charge is -2.07. The highest BCUT2D eigenvalue weighted by Crippen LogP contribution is 2.21. The Hall–Kier alpha value is -2.94. The maximum absolute atomic E-state index is 13.6. The number of nitro groups is 1. The van der Waals surface area contributed by atoms with Crippen molar-refractivity contribution in [3.63, 3.8) is 0 Å². The summed E-state index contributed by atoms with van der Waals surface area (Å²) in [6, 6.07) is 12.1. The van der Waals surface area contributed by atoms with Gasteiger partial charge in [-0.15, -0.1) is 0 Å². The van der Waals surface area contributed by atoms with E-state index >= 15 is 0 Å². The molecule has 0 saturated carbocycles. The van der Waals surface area contributed by atoms with E-state index in [9.17, 15) is 14.5 Å². The zero-order chi connectivity index (χ0) is 15.2. The van der Waals surface area contributed by atoms with Crippen LogP contribution in [0.3, 0.4) is 0 Å². The number of hydrogen-bond donors (Lipinski definition) is 0. The van der Waals surface area contributed by atoms with Crippen LogP contribution in [0.15, 0.2) is 42.5 Å². The first kappa shape index (κ1) is 14.5. The standard InChI is InChI=1S/C15H11FN2O3/c16-13-9-11(10-17)5-6-15(13)21-8-7-12-3-1-2-4-14(12)18(19)20/h1-6,9H,7-8H2. The molecule has 6 heteroatoms. The van der Waals surface area contributed by atoms with Gasteiger partial charge in [0.15, 0.2) is 11.6 Å². The van der Waals surface area contributed by atoms with Gasteiger partial charge in [0.05, 0.1) is 23.2 Å². The molecule has 0 spiro atoms. The van der Waals surface area contributed by atoms with Crippen LogP contribution in [-0.2, 0) is 6.42 Å². The van der Waals surface area contributed by atoms with Gasteiger partial charge in [-0.25, -0.2) is 4.39 Å². The van der Waals surface area contributed by atoms with Crippen molar-refractivity contribution in [1.82, 2.24) is 0 Å². The van der Waals surface area contributed by atoms with Gasteiger partial charge >= 0.3 is 0 Å². The van der Waals surface area contributed by atoms with Crippen LogP contribution in [0, 0.1) is 27.3 Å². The Morgan fingerprint density at radius 1 is 1.29 bits per heavy atom. The summed E-state index contributed by atoms with van der Waals surface area (Å²) < 4.78 is 18.9. The van der Waals surface area contributed by atoms with Crippen molar-refractivity contribution < 1.29 is 14.1 Å². The molecule has 2 aromatic carbocycles. The van der Waals surface area contributed by atoms with Crippen LogP contribution in [0.5, 0.6) is 5.75 Å². The topological polar surface area (TPSA) is 76.2 Å². The fourth-order valence-corrected chi connectivity index (χ4v) is 1.86. The molecule has 0 atom stereocenters. The lowest BCUT2D eigenvalue weighted by Crippen LogP contribution is -2.05. The van der Waals surface area contributed by atoms with Gasteiger partial charge in [0, 0.05) is 18.1 Å². The highest BCUT2D eigenvalue weighted by atomic mass is 19.1. The van der Waals surface area contributed by atoms with Gasteiger partial charge in [-0.2, -0.15) is 5.26 Å². The van der Waals surface area contributed by atoms with Crippen LogP contribution in [-0.4, -0.2) is 11.5 Å². The first-order valence-corrected chi connectivity index (χ1v) is 6.16. The molecule has 0 aliphatic heterocycles. The molecule has 0 unspecified atom stereocenters. The van der Waals surface area contributed by atoms with Crippen LogP contribution in [0.25, 0.3) is 0 Å². The summed E-state index contributed by atoms with van der Waals surface area (Å²) in [7, 11) is 0. The molecular weight excluding hydrogens is 275 g/mol. The van der Waals surface area contributed by atoms with E-state index in [2.05, 4.69) is 0 Å². The molecule has 0 aromatic heterocycles. The van der Waals surface area contributed by atoms with Crippen molar-refractivity contribution in [3.05, 3.63) is 69.5 Å². The fourth-order valence-electron chi connectivity index (χ4n) is 1.86. The van der Waals surface area contributed by atoms with Gasteiger partial charge in [-0.3, -0.25) is 10.1 Å². The third-order valence-electron chi connectivity index (χ3n) is 2.88. The molecule has 0 aliphatic carbocycles. The molecule has 0 bridgehead atoms. The van der Waals surface area contributed by atoms with E-state index in [-0.39, 0.29) is 30.0 Å². The van der Waals surface area contributed by atoms with Crippen molar-refractivity contribution in [2.75, 3.05) is 6.61 Å².